The first-order valence-corrected chi connectivity index (χ1v) is 4.54. The first-order chi connectivity index (χ1) is 6.24. The summed E-state index contributed by atoms with van der Waals surface area (Å²) in [6.45, 7) is 0.631. The van der Waals surface area contributed by atoms with Crippen LogP contribution in [0, 0.1) is 17.8 Å². The van der Waals surface area contributed by atoms with Crippen LogP contribution in [0.5, 0.6) is 0 Å². The Balaban J connectivity index is 2.64. The molecule has 0 aromatic carbocycles. The van der Waals surface area contributed by atoms with E-state index in [1.807, 2.05) is 21.1 Å². The maximum atomic E-state index is 10.9. The summed E-state index contributed by atoms with van der Waals surface area (Å²) in [5.41, 5.74) is 5.10. The second-order valence-electron chi connectivity index (χ2n) is 4.91. The van der Waals surface area contributed by atoms with Crippen LogP contribution in [-0.2, 0) is 9.59 Å². The van der Waals surface area contributed by atoms with Crippen LogP contribution in [-0.4, -0.2) is 44.0 Å². The van der Waals surface area contributed by atoms with E-state index in [9.17, 15) is 14.7 Å². The van der Waals surface area contributed by atoms with Gasteiger partial charge >= 0.3 is 0 Å². The highest BCUT2D eigenvalue weighted by Crippen LogP contribution is 2.46. The first kappa shape index (κ1) is 11.0. The zero-order valence-electron chi connectivity index (χ0n) is 8.69. The topological polar surface area (TPSA) is 83.2 Å². The van der Waals surface area contributed by atoms with E-state index < -0.39 is 23.7 Å². The zero-order valence-corrected chi connectivity index (χ0v) is 8.69. The number of carboxylic acid groups (broad SMARTS) is 1. The average molecular weight is 200 g/mol. The average Bonchev–Trinajstić information content (AvgIpc) is 2.57. The van der Waals surface area contributed by atoms with Gasteiger partial charge in [0.05, 0.1) is 33.6 Å². The van der Waals surface area contributed by atoms with Crippen molar-refractivity contribution in [3.63, 3.8) is 0 Å². The number of aliphatic carboxylic acids is 1. The molecule has 2 N–H and O–H groups in total. The zero-order chi connectivity index (χ0) is 11.1. The number of carbonyl (C=O) groups excluding carboxylic acids is 2. The molecule has 0 aromatic heterocycles. The largest absolute Gasteiger partial charge is 0.550 e. The van der Waals surface area contributed by atoms with Crippen molar-refractivity contribution >= 4 is 11.9 Å². The maximum absolute atomic E-state index is 10.9. The normalized spacial score (nSPS) is 31.2. The number of carbonyl (C=O) groups is 2. The third kappa shape index (κ3) is 2.23. The lowest BCUT2D eigenvalue weighted by Gasteiger charge is -2.24. The fraction of sp³-hybridized carbons (Fsp3) is 0.778. The molecule has 0 aliphatic heterocycles. The van der Waals surface area contributed by atoms with Crippen molar-refractivity contribution in [1.82, 2.24) is 0 Å². The number of amides is 1. The molecular weight excluding hydrogens is 184 g/mol. The van der Waals surface area contributed by atoms with Crippen molar-refractivity contribution in [2.75, 3.05) is 27.7 Å². The molecule has 0 saturated heterocycles. The highest BCUT2D eigenvalue weighted by molar-refractivity contribution is 5.88. The first-order valence-electron chi connectivity index (χ1n) is 4.54. The quantitative estimate of drug-likeness (QED) is 0.522. The predicted molar refractivity (Wildman–Crippen MR) is 47.6 cm³/mol. The van der Waals surface area contributed by atoms with Crippen LogP contribution in [0.2, 0.25) is 0 Å². The number of nitrogens with two attached hydrogens (primary N) is 1. The van der Waals surface area contributed by atoms with Crippen LogP contribution >= 0.6 is 0 Å². The van der Waals surface area contributed by atoms with Gasteiger partial charge in [-0.15, -0.1) is 0 Å². The van der Waals surface area contributed by atoms with Crippen molar-refractivity contribution in [3.8, 4) is 0 Å². The van der Waals surface area contributed by atoms with Crippen LogP contribution in [0.4, 0.5) is 0 Å². The number of hydrogen-bond donors (Lipinski definition) is 1. The SMILES string of the molecule is C[N+](C)(C)C[C@@H]1[C@H](C(N)=O)[C@H]1C(=O)[O-]. The molecule has 80 valence electrons. The molecule has 1 saturated carbocycles. The van der Waals surface area contributed by atoms with E-state index >= 15 is 0 Å². The summed E-state index contributed by atoms with van der Waals surface area (Å²) >= 11 is 0. The molecule has 14 heavy (non-hydrogen) atoms. The van der Waals surface area contributed by atoms with Crippen molar-refractivity contribution < 1.29 is 19.2 Å². The highest BCUT2D eigenvalue weighted by Gasteiger charge is 2.56. The number of nitrogens with zero attached hydrogens (tertiary/aromatic N) is 1. The van der Waals surface area contributed by atoms with Crippen LogP contribution in [0.1, 0.15) is 0 Å². The molecule has 1 fully saturated rings. The summed E-state index contributed by atoms with van der Waals surface area (Å²) in [6.07, 6.45) is 0. The molecule has 1 amide bonds. The molecule has 0 heterocycles. The Kier molecular flexibility index (Phi) is 2.54. The Hall–Kier alpha value is -1.10. The number of carboxylic acids is 1. The van der Waals surface area contributed by atoms with E-state index in [1.165, 1.54) is 0 Å². The molecule has 1 aliphatic rings. The van der Waals surface area contributed by atoms with Crippen molar-refractivity contribution in [1.29, 1.82) is 0 Å². The van der Waals surface area contributed by atoms with Crippen LogP contribution in [0.3, 0.4) is 0 Å². The molecule has 1 aliphatic carbocycles. The second-order valence-corrected chi connectivity index (χ2v) is 4.91. The molecule has 3 atom stereocenters. The third-order valence-electron chi connectivity index (χ3n) is 2.53. The van der Waals surface area contributed by atoms with Crippen LogP contribution in [0.25, 0.3) is 0 Å². The van der Waals surface area contributed by atoms with E-state index in [2.05, 4.69) is 0 Å². The van der Waals surface area contributed by atoms with Gasteiger partial charge in [0.15, 0.2) is 0 Å². The highest BCUT2D eigenvalue weighted by atomic mass is 16.4. The van der Waals surface area contributed by atoms with Gasteiger partial charge < -0.3 is 20.1 Å². The lowest BCUT2D eigenvalue weighted by Crippen LogP contribution is -2.38. The molecule has 1 rings (SSSR count). The maximum Gasteiger partial charge on any atom is 0.221 e. The van der Waals surface area contributed by atoms with Gasteiger partial charge in [0, 0.05) is 17.8 Å². The summed E-state index contributed by atoms with van der Waals surface area (Å²) in [4.78, 5) is 21.5. The number of quaternary nitrogens is 1. The van der Waals surface area contributed by atoms with Crippen LogP contribution < -0.4 is 10.8 Å². The summed E-state index contributed by atoms with van der Waals surface area (Å²) in [5, 5.41) is 10.6. The Bertz CT molecular complexity index is 250. The monoisotopic (exact) mass is 200 g/mol. The fourth-order valence-electron chi connectivity index (χ4n) is 1.94. The number of rotatable bonds is 4. The Labute approximate surface area is 83.1 Å². The minimum Gasteiger partial charge on any atom is -0.550 e. The lowest BCUT2D eigenvalue weighted by atomic mass is 10.3. The Morgan fingerprint density at radius 2 is 1.79 bits per heavy atom. The van der Waals surface area contributed by atoms with E-state index in [-0.39, 0.29) is 5.92 Å². The Morgan fingerprint density at radius 3 is 2.00 bits per heavy atom. The van der Waals surface area contributed by atoms with Crippen molar-refractivity contribution in [3.05, 3.63) is 0 Å². The van der Waals surface area contributed by atoms with Gasteiger partial charge in [0.25, 0.3) is 0 Å². The van der Waals surface area contributed by atoms with E-state index in [0.29, 0.717) is 11.0 Å². The van der Waals surface area contributed by atoms with E-state index in [1.54, 1.807) is 0 Å². The molecule has 0 aromatic rings. The van der Waals surface area contributed by atoms with Gasteiger partial charge in [-0.2, -0.15) is 0 Å². The minimum atomic E-state index is -1.16. The van der Waals surface area contributed by atoms with Gasteiger partial charge in [0.1, 0.15) is 0 Å². The molecule has 0 radical (unpaired) electrons. The predicted octanol–water partition coefficient (Wildman–Crippen LogP) is -2.21. The van der Waals surface area contributed by atoms with Gasteiger partial charge in [-0.25, -0.2) is 0 Å². The molecule has 0 spiro atoms. The molecular formula is C9H16N2O3. The molecule has 5 nitrogen and oxygen atoms in total. The molecule has 0 unspecified atom stereocenters. The summed E-state index contributed by atoms with van der Waals surface area (Å²) in [5.74, 6) is -3.05. The number of hydrogen-bond acceptors (Lipinski definition) is 3. The lowest BCUT2D eigenvalue weighted by molar-refractivity contribution is -0.872. The standard InChI is InChI=1S/C9H16N2O3/c1-11(2,3)4-5-6(8(10)12)7(5)9(13)14/h5-7H,4H2,1-3H3,(H2-,10,12,13,14)/t5-,6+,7+/m1/s1. The summed E-state index contributed by atoms with van der Waals surface area (Å²) < 4.78 is 0.623. The third-order valence-corrected chi connectivity index (χ3v) is 2.53. The fourth-order valence-corrected chi connectivity index (χ4v) is 1.94. The van der Waals surface area contributed by atoms with E-state index in [0.717, 1.165) is 0 Å². The van der Waals surface area contributed by atoms with Gasteiger partial charge in [-0.3, -0.25) is 4.79 Å². The van der Waals surface area contributed by atoms with Crippen molar-refractivity contribution in [2.45, 2.75) is 0 Å². The van der Waals surface area contributed by atoms with Gasteiger partial charge in [0.2, 0.25) is 5.91 Å². The minimum absolute atomic E-state index is 0.155. The second kappa shape index (κ2) is 3.24. The van der Waals surface area contributed by atoms with Gasteiger partial charge in [-0.05, 0) is 0 Å². The summed E-state index contributed by atoms with van der Waals surface area (Å²) in [6, 6.07) is 0. The van der Waals surface area contributed by atoms with E-state index in [4.69, 9.17) is 5.73 Å². The Morgan fingerprint density at radius 1 is 1.29 bits per heavy atom. The summed E-state index contributed by atoms with van der Waals surface area (Å²) in [7, 11) is 5.84. The van der Waals surface area contributed by atoms with Crippen LogP contribution in [0.15, 0.2) is 0 Å². The molecule has 5 heteroatoms. The smallest absolute Gasteiger partial charge is 0.221 e. The molecule has 0 bridgehead atoms. The number of primary amides is 1. The van der Waals surface area contributed by atoms with Crippen molar-refractivity contribution in [2.24, 2.45) is 23.5 Å². The van der Waals surface area contributed by atoms with Gasteiger partial charge in [-0.1, -0.05) is 0 Å².